The fraction of sp³-hybridized carbons (Fsp3) is 0.750. The molecule has 0 spiro atoms. The molecule has 0 saturated heterocycles. The van der Waals surface area contributed by atoms with E-state index < -0.39 is 46.8 Å². The van der Waals surface area contributed by atoms with Crippen LogP contribution in [0.2, 0.25) is 0 Å². The van der Waals surface area contributed by atoms with E-state index in [0.717, 1.165) is 12.1 Å². The Hall–Kier alpha value is -3.59. The van der Waals surface area contributed by atoms with Crippen LogP contribution in [-0.2, 0) is 69.6 Å². The van der Waals surface area contributed by atoms with Crippen molar-refractivity contribution in [2.45, 2.75) is 58.0 Å². The van der Waals surface area contributed by atoms with Crippen LogP contribution in [0.4, 0.5) is 8.78 Å². The highest BCUT2D eigenvalue weighted by molar-refractivity contribution is 5.86. The number of hydrogen-bond donors (Lipinski definition) is 2. The maximum absolute atomic E-state index is 15.4. The molecule has 0 radical (unpaired) electrons. The molecule has 1 aromatic rings. The summed E-state index contributed by atoms with van der Waals surface area (Å²) < 4.78 is 73.1. The zero-order chi connectivity index (χ0) is 40.3. The van der Waals surface area contributed by atoms with E-state index in [1.54, 1.807) is 0 Å². The Balaban J connectivity index is 1.39. The van der Waals surface area contributed by atoms with Crippen LogP contribution in [0.15, 0.2) is 12.1 Å². The molecule has 0 aromatic heterocycles. The molecule has 3 aliphatic carbocycles. The monoisotopic (exact) mass is 793 g/mol. The number of Topliss-reactive ketones (excluding diaryl/α,β-unsaturated/α-hetero) is 1. The number of benzene rings is 1. The Morgan fingerprint density at radius 2 is 1.35 bits per heavy atom. The number of rotatable bonds is 31. The molecular weight excluding hydrogens is 740 g/mol. The summed E-state index contributed by atoms with van der Waals surface area (Å²) >= 11 is 0. The number of carboxylic acids is 1. The number of carbonyl (C=O) groups is 3. The summed E-state index contributed by atoms with van der Waals surface area (Å²) in [6.07, 6.45) is 0.959. The Morgan fingerprint density at radius 3 is 1.84 bits per heavy atom. The molecule has 55 heavy (non-hydrogen) atoms. The summed E-state index contributed by atoms with van der Waals surface area (Å²) in [6.45, 7) is 6.11. The summed E-state index contributed by atoms with van der Waals surface area (Å²) in [5.41, 5.74) is -0.549. The van der Waals surface area contributed by atoms with E-state index in [1.807, 2.05) is 13.8 Å². The van der Waals surface area contributed by atoms with E-state index >= 15 is 8.78 Å². The first-order chi connectivity index (χ1) is 26.3. The summed E-state index contributed by atoms with van der Waals surface area (Å²) in [5, 5.41) is 28.9. The fourth-order valence-corrected chi connectivity index (χ4v) is 6.69. The topological polar surface area (TPSA) is 218 Å². The number of phenolic OH excluding ortho intramolecular Hbond substituents is 1. The molecule has 2 N–H and O–H groups in total. The minimum absolute atomic E-state index is 0.0361. The van der Waals surface area contributed by atoms with E-state index in [0.29, 0.717) is 58.2 Å². The number of ketones is 1. The highest BCUT2D eigenvalue weighted by Crippen LogP contribution is 2.63. The lowest BCUT2D eigenvalue weighted by Gasteiger charge is -2.59. The van der Waals surface area contributed by atoms with Crippen LogP contribution in [0.5, 0.6) is 5.75 Å². The van der Waals surface area contributed by atoms with Crippen LogP contribution < -0.4 is 0 Å². The van der Waals surface area contributed by atoms with Crippen molar-refractivity contribution < 1.29 is 81.2 Å². The number of ether oxygens (including phenoxy) is 8. The highest BCUT2D eigenvalue weighted by atomic mass is 19.3. The molecule has 19 heteroatoms. The quantitative estimate of drug-likeness (QED) is 0.0476. The summed E-state index contributed by atoms with van der Waals surface area (Å²) in [6, 6.07) is 1.94. The van der Waals surface area contributed by atoms with Crippen LogP contribution in [0.25, 0.3) is 0 Å². The number of nitrogens with zero attached hydrogens (tertiary/aromatic N) is 1. The number of fused-ring (bicyclic) bond motifs is 2. The molecular formula is C36H53F2NO16. The van der Waals surface area contributed by atoms with E-state index in [2.05, 4.69) is 4.84 Å². The van der Waals surface area contributed by atoms with Crippen molar-refractivity contribution in [1.29, 1.82) is 0 Å². The van der Waals surface area contributed by atoms with Gasteiger partial charge in [-0.3, -0.25) is 4.79 Å². The number of phenols is 1. The third kappa shape index (κ3) is 14.8. The van der Waals surface area contributed by atoms with E-state index in [4.69, 9.17) is 43.0 Å². The van der Waals surface area contributed by atoms with Gasteiger partial charge in [-0.2, -0.15) is 8.78 Å². The van der Waals surface area contributed by atoms with E-state index in [1.165, 1.54) is 0 Å². The molecule has 3 aliphatic rings. The minimum atomic E-state index is -4.13. The predicted molar refractivity (Wildman–Crippen MR) is 185 cm³/mol. The van der Waals surface area contributed by atoms with Gasteiger partial charge in [-0.25, -0.2) is 9.59 Å². The van der Waals surface area contributed by atoms with Gasteiger partial charge >= 0.3 is 17.9 Å². The number of hydrogen-bond acceptors (Lipinski definition) is 15. The first-order valence-electron chi connectivity index (χ1n) is 18.2. The maximum Gasteiger partial charge on any atom is 0.381 e. The normalized spacial score (nSPS) is 18.8. The molecule has 2 bridgehead atoms. The van der Waals surface area contributed by atoms with Gasteiger partial charge in [0.25, 0.3) is 5.09 Å². The first-order valence-corrected chi connectivity index (χ1v) is 18.2. The van der Waals surface area contributed by atoms with E-state index in [9.17, 15) is 29.6 Å². The number of esters is 1. The third-order valence-corrected chi connectivity index (χ3v) is 9.56. The summed E-state index contributed by atoms with van der Waals surface area (Å²) in [5.74, 6) is -7.89. The number of halogens is 2. The molecule has 3 saturated carbocycles. The van der Waals surface area contributed by atoms with Gasteiger partial charge in [-0.15, -0.1) is 10.1 Å². The third-order valence-electron chi connectivity index (χ3n) is 9.56. The van der Waals surface area contributed by atoms with Gasteiger partial charge in [0.1, 0.15) is 18.1 Å². The zero-order valence-corrected chi connectivity index (χ0v) is 31.3. The summed E-state index contributed by atoms with van der Waals surface area (Å²) in [4.78, 5) is 50.1. The second-order valence-electron chi connectivity index (χ2n) is 13.6. The average molecular weight is 794 g/mol. The standard InChI is InChI=1S/C36H53F2NO16/c1-35(2)28-22-29(35)30(40)21-27(28)33-25(19-26(20-31(33)41)36(37,38)34(44)54-5-3-4-6-55-39(45)46)23-52-17-15-50-13-11-48-9-7-47-8-10-49-12-14-51-16-18-53-24-32(42)43/h19-20,27-29,41H,3-18,21-24H2,1-2H3,(H,42,43)/t27-,28+,29-/m1/s1. The van der Waals surface area contributed by atoms with Crippen molar-refractivity contribution in [2.75, 3.05) is 99.1 Å². The van der Waals surface area contributed by atoms with Gasteiger partial charge < -0.3 is 52.9 Å². The number of unbranched alkanes of at least 4 members (excludes halogenated alkanes) is 1. The number of aromatic hydroxyl groups is 1. The molecule has 312 valence electrons. The second-order valence-corrected chi connectivity index (χ2v) is 13.6. The largest absolute Gasteiger partial charge is 0.508 e. The van der Waals surface area contributed by atoms with Crippen molar-refractivity contribution in [3.63, 3.8) is 0 Å². The van der Waals surface area contributed by atoms with Crippen molar-refractivity contribution in [3.05, 3.63) is 38.9 Å². The Kier molecular flexibility index (Phi) is 19.5. The summed E-state index contributed by atoms with van der Waals surface area (Å²) in [7, 11) is 0. The van der Waals surface area contributed by atoms with Gasteiger partial charge in [0, 0.05) is 23.5 Å². The van der Waals surface area contributed by atoms with Crippen molar-refractivity contribution >= 4 is 17.7 Å². The van der Waals surface area contributed by atoms with Crippen molar-refractivity contribution in [2.24, 2.45) is 17.3 Å². The van der Waals surface area contributed by atoms with Crippen molar-refractivity contribution in [1.82, 2.24) is 0 Å². The molecule has 1 aromatic carbocycles. The molecule has 0 heterocycles. The van der Waals surface area contributed by atoms with E-state index in [-0.39, 0.29) is 101 Å². The molecule has 4 rings (SSSR count). The van der Waals surface area contributed by atoms with Crippen LogP contribution in [0.1, 0.15) is 62.1 Å². The Morgan fingerprint density at radius 1 is 0.836 bits per heavy atom. The minimum Gasteiger partial charge on any atom is -0.508 e. The highest BCUT2D eigenvalue weighted by Gasteiger charge is 2.59. The van der Waals surface area contributed by atoms with Crippen LogP contribution in [0.3, 0.4) is 0 Å². The molecule has 3 atom stereocenters. The van der Waals surface area contributed by atoms with Crippen LogP contribution in [0, 0.1) is 27.4 Å². The van der Waals surface area contributed by atoms with Gasteiger partial charge in [0.15, 0.2) is 0 Å². The smallest absolute Gasteiger partial charge is 0.381 e. The number of alkyl halides is 2. The van der Waals surface area contributed by atoms with Gasteiger partial charge in [0.2, 0.25) is 0 Å². The molecule has 0 unspecified atom stereocenters. The Labute approximate surface area is 317 Å². The average Bonchev–Trinajstić information content (AvgIpc) is 3.12. The first kappa shape index (κ1) is 45.8. The lowest BCUT2D eigenvalue weighted by molar-refractivity contribution is -0.757. The predicted octanol–water partition coefficient (Wildman–Crippen LogP) is 3.44. The molecule has 0 amide bonds. The van der Waals surface area contributed by atoms with Crippen molar-refractivity contribution in [3.8, 4) is 5.75 Å². The maximum atomic E-state index is 15.4. The molecule has 3 fully saturated rings. The van der Waals surface area contributed by atoms with Gasteiger partial charge in [-0.1, -0.05) is 13.8 Å². The lowest BCUT2D eigenvalue weighted by atomic mass is 9.44. The molecule has 17 nitrogen and oxygen atoms in total. The Bertz CT molecular complexity index is 1380. The number of carbonyl (C=O) groups excluding carboxylic acids is 2. The van der Waals surface area contributed by atoms with Gasteiger partial charge in [-0.05, 0) is 54.2 Å². The second kappa shape index (κ2) is 23.5. The molecule has 0 aliphatic heterocycles. The fourth-order valence-electron chi connectivity index (χ4n) is 6.69. The van der Waals surface area contributed by atoms with Gasteiger partial charge in [0.05, 0.1) is 99.1 Å². The van der Waals surface area contributed by atoms with Crippen LogP contribution in [-0.4, -0.2) is 132 Å². The van der Waals surface area contributed by atoms with Crippen LogP contribution >= 0.6 is 0 Å². The number of aliphatic carboxylic acids is 1. The lowest BCUT2D eigenvalue weighted by Crippen LogP contribution is -2.56. The zero-order valence-electron chi connectivity index (χ0n) is 31.3. The number of carboxylic acid groups (broad SMARTS) is 1. The SMILES string of the molecule is CC1(C)[C@@H]2C[C@H]1[C@H](c1c(O)cc(C(F)(F)C(=O)OCCCCO[N+](=O)[O-])cc1COCCOCCOCCOCCOCCOCCOCC(=O)O)CC2=O.